The first-order valence-electron chi connectivity index (χ1n) is 10.1. The Morgan fingerprint density at radius 1 is 1.16 bits per heavy atom. The normalized spacial score (nSPS) is 16.7. The zero-order chi connectivity index (χ0) is 21.5. The van der Waals surface area contributed by atoms with Gasteiger partial charge in [-0.2, -0.15) is 0 Å². The molecule has 0 bridgehead atoms. The van der Waals surface area contributed by atoms with Crippen molar-refractivity contribution in [2.45, 2.75) is 29.3 Å². The number of hydrogen-bond acceptors (Lipinski definition) is 7. The van der Waals surface area contributed by atoms with Gasteiger partial charge in [0.1, 0.15) is 0 Å². The largest absolute Gasteiger partial charge is 0.376 e. The molecule has 1 fully saturated rings. The maximum Gasteiger partial charge on any atom is 0.231 e. The third-order valence-electron chi connectivity index (χ3n) is 4.88. The molecule has 1 aliphatic heterocycles. The fourth-order valence-electron chi connectivity index (χ4n) is 3.34. The lowest BCUT2D eigenvalue weighted by Gasteiger charge is -2.20. The molecule has 6 nitrogen and oxygen atoms in total. The molecule has 0 saturated carbocycles. The van der Waals surface area contributed by atoms with E-state index in [1.165, 1.54) is 23.1 Å². The number of aromatic nitrogens is 2. The molecule has 31 heavy (non-hydrogen) atoms. The summed E-state index contributed by atoms with van der Waals surface area (Å²) in [7, 11) is 0. The molecular formula is C22H23ClN4O2S2. The minimum Gasteiger partial charge on any atom is -0.376 e. The number of anilines is 1. The number of thioether (sulfide) groups is 1. The molecule has 2 aromatic carbocycles. The van der Waals surface area contributed by atoms with Crippen LogP contribution in [0.5, 0.6) is 0 Å². The van der Waals surface area contributed by atoms with Crippen molar-refractivity contribution >= 4 is 45.7 Å². The van der Waals surface area contributed by atoms with Gasteiger partial charge in [-0.15, -0.1) is 10.2 Å². The van der Waals surface area contributed by atoms with Crippen LogP contribution in [0.3, 0.4) is 0 Å². The topological polar surface area (TPSA) is 76.1 Å². The molecular weight excluding hydrogens is 452 g/mol. The standard InChI is InChI=1S/C22H23ClN4O2S2/c23-17-10-8-16(9-11-17)20(15-5-2-1-3-6-15)25-19(28)14-30-22-27-26-21(31-22)24-13-18-7-4-12-29-18/h1-3,5-6,8-11,18,20H,4,7,12-14H2,(H,24,26)(H,25,28). The quantitative estimate of drug-likeness (QED) is 0.434. The number of nitrogens with zero attached hydrogens (tertiary/aromatic N) is 2. The summed E-state index contributed by atoms with van der Waals surface area (Å²) >= 11 is 8.87. The fraction of sp³-hybridized carbons (Fsp3) is 0.318. The van der Waals surface area contributed by atoms with Gasteiger partial charge in [0, 0.05) is 18.2 Å². The summed E-state index contributed by atoms with van der Waals surface area (Å²) in [5.41, 5.74) is 1.99. The van der Waals surface area contributed by atoms with E-state index < -0.39 is 0 Å². The van der Waals surface area contributed by atoms with Gasteiger partial charge in [0.25, 0.3) is 0 Å². The van der Waals surface area contributed by atoms with Gasteiger partial charge in [-0.25, -0.2) is 0 Å². The van der Waals surface area contributed by atoms with Gasteiger partial charge in [-0.1, -0.05) is 77.2 Å². The lowest BCUT2D eigenvalue weighted by molar-refractivity contribution is -0.119. The number of carbonyl (C=O) groups excluding carboxylic acids is 1. The summed E-state index contributed by atoms with van der Waals surface area (Å²) in [5, 5.41) is 16.1. The van der Waals surface area contributed by atoms with Crippen molar-refractivity contribution in [2.24, 2.45) is 0 Å². The van der Waals surface area contributed by atoms with Gasteiger partial charge in [-0.3, -0.25) is 4.79 Å². The molecule has 0 radical (unpaired) electrons. The molecule has 2 N–H and O–H groups in total. The number of rotatable bonds is 9. The van der Waals surface area contributed by atoms with Gasteiger partial charge in [0.2, 0.25) is 11.0 Å². The Bertz CT molecular complexity index is 979. The molecule has 1 aliphatic rings. The molecule has 3 aromatic rings. The van der Waals surface area contributed by atoms with Gasteiger partial charge < -0.3 is 15.4 Å². The van der Waals surface area contributed by atoms with Gasteiger partial charge in [-0.05, 0) is 36.1 Å². The van der Waals surface area contributed by atoms with Gasteiger partial charge >= 0.3 is 0 Å². The summed E-state index contributed by atoms with van der Waals surface area (Å²) in [5.74, 6) is 0.190. The van der Waals surface area contributed by atoms with E-state index in [-0.39, 0.29) is 23.8 Å². The Morgan fingerprint density at radius 2 is 1.94 bits per heavy atom. The van der Waals surface area contributed by atoms with E-state index in [1.807, 2.05) is 54.6 Å². The molecule has 1 saturated heterocycles. The Hall–Kier alpha value is -2.13. The predicted molar refractivity (Wildman–Crippen MR) is 126 cm³/mol. The first kappa shape index (κ1) is 22.1. The van der Waals surface area contributed by atoms with E-state index in [0.29, 0.717) is 5.02 Å². The van der Waals surface area contributed by atoms with Crippen LogP contribution in [0, 0.1) is 0 Å². The minimum absolute atomic E-state index is 0.0714. The van der Waals surface area contributed by atoms with Crippen molar-refractivity contribution in [2.75, 3.05) is 24.2 Å². The SMILES string of the molecule is O=C(CSc1nnc(NCC2CCCO2)s1)NC(c1ccccc1)c1ccc(Cl)cc1. The number of hydrogen-bond donors (Lipinski definition) is 2. The first-order chi connectivity index (χ1) is 15.2. The summed E-state index contributed by atoms with van der Waals surface area (Å²) < 4.78 is 6.36. The van der Waals surface area contributed by atoms with E-state index in [4.69, 9.17) is 16.3 Å². The van der Waals surface area contributed by atoms with Crippen LogP contribution in [0.15, 0.2) is 58.9 Å². The Labute approximate surface area is 194 Å². The highest BCUT2D eigenvalue weighted by Gasteiger charge is 2.18. The zero-order valence-electron chi connectivity index (χ0n) is 16.8. The number of carbonyl (C=O) groups is 1. The molecule has 0 aliphatic carbocycles. The predicted octanol–water partition coefficient (Wildman–Crippen LogP) is 4.78. The lowest BCUT2D eigenvalue weighted by Crippen LogP contribution is -2.30. The highest BCUT2D eigenvalue weighted by atomic mass is 35.5. The number of amides is 1. The Morgan fingerprint density at radius 3 is 2.68 bits per heavy atom. The maximum atomic E-state index is 12.7. The molecule has 2 unspecified atom stereocenters. The van der Waals surface area contributed by atoms with E-state index in [1.54, 1.807) is 0 Å². The molecule has 162 valence electrons. The average Bonchev–Trinajstić information content (AvgIpc) is 3.48. The van der Waals surface area contributed by atoms with Gasteiger partial charge in [0.15, 0.2) is 4.34 Å². The van der Waals surface area contributed by atoms with Crippen LogP contribution in [0.25, 0.3) is 0 Å². The van der Waals surface area contributed by atoms with Crippen molar-refractivity contribution < 1.29 is 9.53 Å². The van der Waals surface area contributed by atoms with E-state index in [0.717, 1.165) is 46.6 Å². The van der Waals surface area contributed by atoms with E-state index in [9.17, 15) is 4.79 Å². The Balaban J connectivity index is 1.33. The van der Waals surface area contributed by atoms with Crippen molar-refractivity contribution in [1.82, 2.24) is 15.5 Å². The summed E-state index contributed by atoms with van der Waals surface area (Å²) in [6, 6.07) is 17.2. The van der Waals surface area contributed by atoms with Crippen LogP contribution in [-0.2, 0) is 9.53 Å². The number of nitrogens with one attached hydrogen (secondary N) is 2. The smallest absolute Gasteiger partial charge is 0.231 e. The van der Waals surface area contributed by atoms with Crippen LogP contribution in [0.2, 0.25) is 5.02 Å². The van der Waals surface area contributed by atoms with Crippen molar-refractivity contribution in [3.05, 3.63) is 70.7 Å². The van der Waals surface area contributed by atoms with Crippen LogP contribution in [-0.4, -0.2) is 41.1 Å². The lowest BCUT2D eigenvalue weighted by atomic mass is 9.99. The van der Waals surface area contributed by atoms with Crippen LogP contribution in [0.4, 0.5) is 5.13 Å². The first-order valence-corrected chi connectivity index (χ1v) is 12.3. The second kappa shape index (κ2) is 10.9. The van der Waals surface area contributed by atoms with Crippen molar-refractivity contribution in [3.8, 4) is 0 Å². The zero-order valence-corrected chi connectivity index (χ0v) is 19.2. The van der Waals surface area contributed by atoms with Crippen molar-refractivity contribution in [3.63, 3.8) is 0 Å². The Kier molecular flexibility index (Phi) is 7.80. The molecule has 4 rings (SSSR count). The average molecular weight is 475 g/mol. The molecule has 9 heteroatoms. The highest BCUT2D eigenvalue weighted by Crippen LogP contribution is 2.27. The van der Waals surface area contributed by atoms with Gasteiger partial charge in [0.05, 0.1) is 17.9 Å². The van der Waals surface area contributed by atoms with E-state index >= 15 is 0 Å². The molecule has 2 atom stereocenters. The summed E-state index contributed by atoms with van der Waals surface area (Å²) in [6.07, 6.45) is 2.43. The van der Waals surface area contributed by atoms with Crippen molar-refractivity contribution in [1.29, 1.82) is 0 Å². The molecule has 2 heterocycles. The minimum atomic E-state index is -0.246. The van der Waals surface area contributed by atoms with Crippen LogP contribution < -0.4 is 10.6 Å². The molecule has 1 aromatic heterocycles. The number of ether oxygens (including phenoxy) is 1. The summed E-state index contributed by atoms with van der Waals surface area (Å²) in [6.45, 7) is 1.57. The van der Waals surface area contributed by atoms with Crippen LogP contribution in [0.1, 0.15) is 30.0 Å². The van der Waals surface area contributed by atoms with E-state index in [2.05, 4.69) is 20.8 Å². The number of benzene rings is 2. The molecule has 1 amide bonds. The maximum absolute atomic E-state index is 12.7. The number of halogens is 1. The second-order valence-corrected chi connectivity index (χ2v) is 9.78. The highest BCUT2D eigenvalue weighted by molar-refractivity contribution is 8.01. The third kappa shape index (κ3) is 6.43. The van der Waals surface area contributed by atoms with Crippen LogP contribution >= 0.6 is 34.7 Å². The summed E-state index contributed by atoms with van der Waals surface area (Å²) in [4.78, 5) is 12.7. The molecule has 0 spiro atoms. The third-order valence-corrected chi connectivity index (χ3v) is 7.15. The second-order valence-electron chi connectivity index (χ2n) is 7.14. The monoisotopic (exact) mass is 474 g/mol. The fourth-order valence-corrected chi connectivity index (χ4v) is 5.03.